The van der Waals surface area contributed by atoms with Crippen molar-refractivity contribution < 1.29 is 4.79 Å². The van der Waals surface area contributed by atoms with Gasteiger partial charge in [0.2, 0.25) is 6.41 Å². The van der Waals surface area contributed by atoms with Crippen LogP contribution < -0.4 is 5.43 Å². The van der Waals surface area contributed by atoms with Gasteiger partial charge in [-0.3, -0.25) is 4.79 Å². The summed E-state index contributed by atoms with van der Waals surface area (Å²) in [5.74, 6) is 0. The van der Waals surface area contributed by atoms with Crippen LogP contribution in [-0.4, -0.2) is 12.1 Å². The number of amides is 1. The Morgan fingerprint density at radius 2 is 2.08 bits per heavy atom. The van der Waals surface area contributed by atoms with Gasteiger partial charge < -0.3 is 0 Å². The highest BCUT2D eigenvalue weighted by Crippen LogP contribution is 1.99. The Bertz CT molecular complexity index is 280. The molecule has 1 rings (SSSR count). The SMILES string of the molecule is CC(=NNC=O)c1ccccc1. The second kappa shape index (κ2) is 4.28. The molecule has 0 unspecified atom stereocenters. The van der Waals surface area contributed by atoms with Crippen molar-refractivity contribution in [3.63, 3.8) is 0 Å². The molecule has 0 heterocycles. The molecule has 0 atom stereocenters. The number of nitrogens with one attached hydrogen (secondary N) is 1. The Balaban J connectivity index is 2.77. The summed E-state index contributed by atoms with van der Waals surface area (Å²) in [6, 6.07) is 9.66. The molecule has 0 aliphatic rings. The molecule has 12 heavy (non-hydrogen) atoms. The van der Waals surface area contributed by atoms with Gasteiger partial charge in [0.1, 0.15) is 0 Å². The molecule has 1 aromatic rings. The van der Waals surface area contributed by atoms with Gasteiger partial charge >= 0.3 is 0 Å². The number of carbonyl (C=O) groups excluding carboxylic acids is 1. The third kappa shape index (κ3) is 2.20. The van der Waals surface area contributed by atoms with Crippen LogP contribution in [0.25, 0.3) is 0 Å². The van der Waals surface area contributed by atoms with E-state index in [0.29, 0.717) is 6.41 Å². The molecule has 3 nitrogen and oxygen atoms in total. The number of hydrogen-bond donors (Lipinski definition) is 1. The third-order valence-electron chi connectivity index (χ3n) is 1.48. The molecule has 1 amide bonds. The highest BCUT2D eigenvalue weighted by Gasteiger charge is 1.93. The highest BCUT2D eigenvalue weighted by atomic mass is 16.1. The van der Waals surface area contributed by atoms with Gasteiger partial charge in [-0.25, -0.2) is 5.43 Å². The van der Waals surface area contributed by atoms with Gasteiger partial charge in [0.25, 0.3) is 0 Å². The van der Waals surface area contributed by atoms with Crippen LogP contribution in [0.15, 0.2) is 35.4 Å². The maximum absolute atomic E-state index is 9.92. The fourth-order valence-electron chi connectivity index (χ4n) is 0.867. The van der Waals surface area contributed by atoms with E-state index in [0.717, 1.165) is 11.3 Å². The average molecular weight is 162 g/mol. The summed E-state index contributed by atoms with van der Waals surface area (Å²) in [4.78, 5) is 9.92. The zero-order valence-electron chi connectivity index (χ0n) is 6.82. The molecule has 1 N–H and O–H groups in total. The van der Waals surface area contributed by atoms with E-state index in [1.165, 1.54) is 0 Å². The zero-order chi connectivity index (χ0) is 8.81. The average Bonchev–Trinajstić information content (AvgIpc) is 2.15. The van der Waals surface area contributed by atoms with Crippen molar-refractivity contribution in [2.75, 3.05) is 0 Å². The molecule has 0 aliphatic heterocycles. The largest absolute Gasteiger partial charge is 0.277 e. The predicted octanol–water partition coefficient (Wildman–Crippen LogP) is 1.16. The van der Waals surface area contributed by atoms with E-state index in [-0.39, 0.29) is 0 Å². The molecule has 0 radical (unpaired) electrons. The lowest BCUT2D eigenvalue weighted by Crippen LogP contribution is -2.06. The molecule has 0 spiro atoms. The van der Waals surface area contributed by atoms with Crippen molar-refractivity contribution in [2.24, 2.45) is 5.10 Å². The lowest BCUT2D eigenvalue weighted by molar-refractivity contribution is -0.109. The van der Waals surface area contributed by atoms with Crippen LogP contribution in [-0.2, 0) is 4.79 Å². The topological polar surface area (TPSA) is 41.5 Å². The van der Waals surface area contributed by atoms with Crippen molar-refractivity contribution in [1.82, 2.24) is 5.43 Å². The Morgan fingerprint density at radius 3 is 2.67 bits per heavy atom. The number of carbonyl (C=O) groups is 1. The second-order valence-corrected chi connectivity index (χ2v) is 2.31. The van der Waals surface area contributed by atoms with Crippen LogP contribution in [0.3, 0.4) is 0 Å². The minimum absolute atomic E-state index is 0.548. The van der Waals surface area contributed by atoms with Gasteiger partial charge in [-0.2, -0.15) is 5.10 Å². The summed E-state index contributed by atoms with van der Waals surface area (Å²) in [6.45, 7) is 1.84. The first kappa shape index (κ1) is 8.46. The number of rotatable bonds is 3. The monoisotopic (exact) mass is 162 g/mol. The fourth-order valence-corrected chi connectivity index (χ4v) is 0.867. The summed E-state index contributed by atoms with van der Waals surface area (Å²) in [7, 11) is 0. The van der Waals surface area contributed by atoms with Crippen molar-refractivity contribution in [3.8, 4) is 0 Å². The van der Waals surface area contributed by atoms with Crippen LogP contribution >= 0.6 is 0 Å². The van der Waals surface area contributed by atoms with Crippen molar-refractivity contribution in [3.05, 3.63) is 35.9 Å². The number of benzene rings is 1. The van der Waals surface area contributed by atoms with Gasteiger partial charge in [-0.15, -0.1) is 0 Å². The summed E-state index contributed by atoms with van der Waals surface area (Å²) >= 11 is 0. The highest BCUT2D eigenvalue weighted by molar-refractivity contribution is 5.98. The first-order valence-corrected chi connectivity index (χ1v) is 3.63. The van der Waals surface area contributed by atoms with Crippen LogP contribution in [0.1, 0.15) is 12.5 Å². The standard InChI is InChI=1S/C9H10N2O/c1-8(11-10-7-12)9-5-3-2-4-6-9/h2-7H,1H3,(H,10,12). The second-order valence-electron chi connectivity index (χ2n) is 2.31. The Hall–Kier alpha value is -1.64. The maximum atomic E-state index is 9.92. The molecule has 0 aliphatic carbocycles. The Kier molecular flexibility index (Phi) is 3.02. The number of hydrogen-bond acceptors (Lipinski definition) is 2. The van der Waals surface area contributed by atoms with Crippen LogP contribution in [0.5, 0.6) is 0 Å². The predicted molar refractivity (Wildman–Crippen MR) is 47.9 cm³/mol. The minimum Gasteiger partial charge on any atom is -0.277 e. The van der Waals surface area contributed by atoms with E-state index in [1.54, 1.807) is 0 Å². The van der Waals surface area contributed by atoms with Crippen molar-refractivity contribution >= 4 is 12.1 Å². The summed E-state index contributed by atoms with van der Waals surface area (Å²) in [5.41, 5.74) is 4.05. The van der Waals surface area contributed by atoms with Crippen molar-refractivity contribution in [2.45, 2.75) is 6.92 Å². The van der Waals surface area contributed by atoms with Crippen LogP contribution in [0.4, 0.5) is 0 Å². The van der Waals surface area contributed by atoms with E-state index in [9.17, 15) is 4.79 Å². The van der Waals surface area contributed by atoms with Crippen LogP contribution in [0.2, 0.25) is 0 Å². The lowest BCUT2D eigenvalue weighted by atomic mass is 10.1. The Labute approximate surface area is 71.1 Å². The normalized spacial score (nSPS) is 10.9. The fraction of sp³-hybridized carbons (Fsp3) is 0.111. The van der Waals surface area contributed by atoms with Crippen LogP contribution in [0, 0.1) is 0 Å². The molecular weight excluding hydrogens is 152 g/mol. The third-order valence-corrected chi connectivity index (χ3v) is 1.48. The van der Waals surface area contributed by atoms with E-state index in [2.05, 4.69) is 10.5 Å². The van der Waals surface area contributed by atoms with Crippen molar-refractivity contribution in [1.29, 1.82) is 0 Å². The van der Waals surface area contributed by atoms with Gasteiger partial charge in [0.05, 0.1) is 5.71 Å². The van der Waals surface area contributed by atoms with Gasteiger partial charge in [0, 0.05) is 0 Å². The maximum Gasteiger partial charge on any atom is 0.227 e. The van der Waals surface area contributed by atoms with E-state index >= 15 is 0 Å². The molecule has 0 aromatic heterocycles. The molecule has 1 aromatic carbocycles. The number of hydrazone groups is 1. The molecule has 3 heteroatoms. The lowest BCUT2D eigenvalue weighted by Gasteiger charge is -1.97. The van der Waals surface area contributed by atoms with Gasteiger partial charge in [-0.1, -0.05) is 30.3 Å². The zero-order valence-corrected chi connectivity index (χ0v) is 6.82. The molecule has 0 fully saturated rings. The molecule has 62 valence electrons. The molecule has 0 saturated heterocycles. The first-order chi connectivity index (χ1) is 5.84. The molecule has 0 bridgehead atoms. The smallest absolute Gasteiger partial charge is 0.227 e. The summed E-state index contributed by atoms with van der Waals surface area (Å²) in [6.07, 6.45) is 0.548. The summed E-state index contributed by atoms with van der Waals surface area (Å²) in [5, 5.41) is 3.81. The molecular formula is C9H10N2O. The summed E-state index contributed by atoms with van der Waals surface area (Å²) < 4.78 is 0. The van der Waals surface area contributed by atoms with E-state index < -0.39 is 0 Å². The van der Waals surface area contributed by atoms with E-state index in [1.807, 2.05) is 37.3 Å². The number of nitrogens with zero attached hydrogens (tertiary/aromatic N) is 1. The van der Waals surface area contributed by atoms with E-state index in [4.69, 9.17) is 0 Å². The quantitative estimate of drug-likeness (QED) is 0.404. The van der Waals surface area contributed by atoms with Gasteiger partial charge in [0.15, 0.2) is 0 Å². The first-order valence-electron chi connectivity index (χ1n) is 3.63. The molecule has 0 saturated carbocycles. The Morgan fingerprint density at radius 1 is 1.42 bits per heavy atom. The van der Waals surface area contributed by atoms with Gasteiger partial charge in [-0.05, 0) is 12.5 Å². The minimum atomic E-state index is 0.548.